The lowest BCUT2D eigenvalue weighted by atomic mass is 10.1. The molecule has 5 rings (SSSR count). The summed E-state index contributed by atoms with van der Waals surface area (Å²) in [6, 6.07) is 18.5. The van der Waals surface area contributed by atoms with Gasteiger partial charge in [-0.05, 0) is 52.2 Å². The van der Waals surface area contributed by atoms with Crippen molar-refractivity contribution in [3.63, 3.8) is 0 Å². The number of allylic oxidation sites excluding steroid dienone is 1. The maximum atomic E-state index is 6.39. The van der Waals surface area contributed by atoms with Crippen LogP contribution >= 0.6 is 27.7 Å². The van der Waals surface area contributed by atoms with E-state index in [2.05, 4.69) is 62.9 Å². The third-order valence-corrected chi connectivity index (χ3v) is 7.05. The number of anilines is 1. The number of para-hydroxylation sites is 1. The molecule has 0 atom stereocenters. The quantitative estimate of drug-likeness (QED) is 0.237. The Morgan fingerprint density at radius 1 is 1.10 bits per heavy atom. The van der Waals surface area contributed by atoms with Crippen LogP contribution in [0.15, 0.2) is 94.0 Å². The fraction of sp³-hybridized carbons (Fsp3) is 0.0417. The molecule has 0 saturated heterocycles. The standard InChI is InChI=1S/C24H18BrN5S/c1-2-5-15-8-10-18(11-9-15)31-24-21(25)22(26)30-23(29-24)19(14-28-30)17-12-16-6-3-4-7-20(16)27-13-17/h2-4,6-14H,1,5,26H2. The van der Waals surface area contributed by atoms with Gasteiger partial charge in [0.1, 0.15) is 10.8 Å². The van der Waals surface area contributed by atoms with Crippen molar-refractivity contribution in [1.29, 1.82) is 0 Å². The number of pyridine rings is 1. The van der Waals surface area contributed by atoms with Gasteiger partial charge >= 0.3 is 0 Å². The second kappa shape index (κ2) is 8.17. The van der Waals surface area contributed by atoms with E-state index in [9.17, 15) is 0 Å². The van der Waals surface area contributed by atoms with Gasteiger partial charge < -0.3 is 5.73 Å². The minimum absolute atomic E-state index is 0.510. The smallest absolute Gasteiger partial charge is 0.166 e. The average molecular weight is 488 g/mol. The summed E-state index contributed by atoms with van der Waals surface area (Å²) in [7, 11) is 0. The van der Waals surface area contributed by atoms with Crippen molar-refractivity contribution in [2.24, 2.45) is 0 Å². The number of halogens is 1. The van der Waals surface area contributed by atoms with Crippen molar-refractivity contribution in [1.82, 2.24) is 19.6 Å². The molecule has 3 aromatic heterocycles. The first-order valence-corrected chi connectivity index (χ1v) is 11.3. The molecule has 152 valence electrons. The molecular weight excluding hydrogens is 470 g/mol. The highest BCUT2D eigenvalue weighted by atomic mass is 79.9. The van der Waals surface area contributed by atoms with Gasteiger partial charge in [-0.2, -0.15) is 9.61 Å². The van der Waals surface area contributed by atoms with Crippen LogP contribution in [0.25, 0.3) is 27.7 Å². The molecule has 5 nitrogen and oxygen atoms in total. The summed E-state index contributed by atoms with van der Waals surface area (Å²) in [5, 5.41) is 6.33. The van der Waals surface area contributed by atoms with Gasteiger partial charge in [-0.1, -0.05) is 48.2 Å². The predicted molar refractivity (Wildman–Crippen MR) is 130 cm³/mol. The van der Waals surface area contributed by atoms with E-state index in [0.717, 1.165) is 42.8 Å². The van der Waals surface area contributed by atoms with Crippen molar-refractivity contribution in [2.75, 3.05) is 5.73 Å². The summed E-state index contributed by atoms with van der Waals surface area (Å²) in [4.78, 5) is 10.6. The third-order valence-electron chi connectivity index (χ3n) is 5.01. The lowest BCUT2D eigenvalue weighted by molar-refractivity contribution is 0.918. The van der Waals surface area contributed by atoms with Crippen LogP contribution < -0.4 is 5.73 Å². The first-order chi connectivity index (χ1) is 15.1. The van der Waals surface area contributed by atoms with Crippen LogP contribution in [0, 0.1) is 0 Å². The molecule has 0 unspecified atom stereocenters. The molecule has 31 heavy (non-hydrogen) atoms. The topological polar surface area (TPSA) is 69.1 Å². The summed E-state index contributed by atoms with van der Waals surface area (Å²) in [6.07, 6.45) is 6.39. The number of aromatic nitrogens is 4. The fourth-order valence-electron chi connectivity index (χ4n) is 3.44. The van der Waals surface area contributed by atoms with Gasteiger partial charge in [0.2, 0.25) is 0 Å². The summed E-state index contributed by atoms with van der Waals surface area (Å²) in [6.45, 7) is 3.79. The van der Waals surface area contributed by atoms with E-state index in [1.54, 1.807) is 22.5 Å². The lowest BCUT2D eigenvalue weighted by Gasteiger charge is -2.09. The zero-order valence-electron chi connectivity index (χ0n) is 16.5. The van der Waals surface area contributed by atoms with Crippen LogP contribution in [-0.2, 0) is 6.42 Å². The molecule has 0 aliphatic heterocycles. The maximum absolute atomic E-state index is 6.39. The van der Waals surface area contributed by atoms with E-state index in [1.807, 2.05) is 36.5 Å². The number of rotatable bonds is 5. The van der Waals surface area contributed by atoms with Crippen LogP contribution in [0.3, 0.4) is 0 Å². The number of benzene rings is 2. The van der Waals surface area contributed by atoms with Crippen molar-refractivity contribution in [2.45, 2.75) is 16.3 Å². The zero-order valence-corrected chi connectivity index (χ0v) is 18.9. The lowest BCUT2D eigenvalue weighted by Crippen LogP contribution is -2.03. The van der Waals surface area contributed by atoms with E-state index in [4.69, 9.17) is 10.7 Å². The monoisotopic (exact) mass is 487 g/mol. The Hall–Kier alpha value is -3.16. The Morgan fingerprint density at radius 3 is 2.71 bits per heavy atom. The minimum Gasteiger partial charge on any atom is -0.383 e. The van der Waals surface area contributed by atoms with Gasteiger partial charge in [0, 0.05) is 27.6 Å². The highest BCUT2D eigenvalue weighted by molar-refractivity contribution is 9.10. The number of nitrogens with two attached hydrogens (primary N) is 1. The normalized spacial score (nSPS) is 11.3. The summed E-state index contributed by atoms with van der Waals surface area (Å²) >= 11 is 5.16. The molecule has 0 fully saturated rings. The molecule has 0 radical (unpaired) electrons. The van der Waals surface area contributed by atoms with Crippen LogP contribution in [-0.4, -0.2) is 19.6 Å². The number of hydrogen-bond donors (Lipinski definition) is 1. The minimum atomic E-state index is 0.510. The van der Waals surface area contributed by atoms with E-state index < -0.39 is 0 Å². The van der Waals surface area contributed by atoms with Crippen molar-refractivity contribution >= 4 is 50.1 Å². The summed E-state index contributed by atoms with van der Waals surface area (Å²) < 4.78 is 2.39. The van der Waals surface area contributed by atoms with Gasteiger partial charge in [-0.15, -0.1) is 6.58 Å². The van der Waals surface area contributed by atoms with Gasteiger partial charge in [0.25, 0.3) is 0 Å². The van der Waals surface area contributed by atoms with E-state index in [1.165, 1.54) is 5.56 Å². The predicted octanol–water partition coefficient (Wildman–Crippen LogP) is 6.17. The molecule has 2 aromatic carbocycles. The number of fused-ring (bicyclic) bond motifs is 2. The van der Waals surface area contributed by atoms with Crippen molar-refractivity contribution < 1.29 is 0 Å². The van der Waals surface area contributed by atoms with Crippen molar-refractivity contribution in [3.8, 4) is 11.1 Å². The SMILES string of the molecule is C=CCc1ccc(Sc2nc3c(-c4cnc5ccccc5c4)cnn3c(N)c2Br)cc1. The average Bonchev–Trinajstić information content (AvgIpc) is 3.22. The fourth-order valence-corrected chi connectivity index (χ4v) is 4.76. The van der Waals surface area contributed by atoms with Gasteiger partial charge in [0.15, 0.2) is 5.65 Å². The van der Waals surface area contributed by atoms with Gasteiger partial charge in [-0.3, -0.25) is 4.98 Å². The molecule has 0 bridgehead atoms. The second-order valence-corrected chi connectivity index (χ2v) is 8.92. The first kappa shape index (κ1) is 19.8. The maximum Gasteiger partial charge on any atom is 0.166 e. The van der Waals surface area contributed by atoms with Crippen LogP contribution in [0.2, 0.25) is 0 Å². The van der Waals surface area contributed by atoms with E-state index in [0.29, 0.717) is 11.5 Å². The van der Waals surface area contributed by atoms with E-state index in [-0.39, 0.29) is 0 Å². The van der Waals surface area contributed by atoms with Gasteiger partial charge in [-0.25, -0.2) is 4.98 Å². The number of hydrogen-bond acceptors (Lipinski definition) is 5. The Kier molecular flexibility index (Phi) is 5.21. The zero-order chi connectivity index (χ0) is 21.4. The highest BCUT2D eigenvalue weighted by Gasteiger charge is 2.17. The van der Waals surface area contributed by atoms with Crippen LogP contribution in [0.1, 0.15) is 5.56 Å². The molecule has 0 spiro atoms. The Labute approximate surface area is 192 Å². The Balaban J connectivity index is 1.58. The molecule has 0 aliphatic rings. The van der Waals surface area contributed by atoms with Crippen LogP contribution in [0.4, 0.5) is 5.82 Å². The molecule has 7 heteroatoms. The second-order valence-electron chi connectivity index (χ2n) is 7.07. The molecule has 5 aromatic rings. The van der Waals surface area contributed by atoms with Crippen molar-refractivity contribution in [3.05, 3.63) is 89.7 Å². The summed E-state index contributed by atoms with van der Waals surface area (Å²) in [5.41, 5.74) is 11.1. The number of nitrogen functional groups attached to an aromatic ring is 1. The largest absolute Gasteiger partial charge is 0.383 e. The molecule has 0 amide bonds. The number of nitrogens with zero attached hydrogens (tertiary/aromatic N) is 4. The summed E-state index contributed by atoms with van der Waals surface area (Å²) in [5.74, 6) is 0.510. The van der Waals surface area contributed by atoms with Crippen LogP contribution in [0.5, 0.6) is 0 Å². The third kappa shape index (κ3) is 3.71. The van der Waals surface area contributed by atoms with E-state index >= 15 is 0 Å². The molecule has 2 N–H and O–H groups in total. The van der Waals surface area contributed by atoms with Gasteiger partial charge in [0.05, 0.1) is 16.2 Å². The molecule has 3 heterocycles. The Bertz CT molecular complexity index is 1430. The first-order valence-electron chi connectivity index (χ1n) is 9.69. The Morgan fingerprint density at radius 2 is 1.90 bits per heavy atom. The highest BCUT2D eigenvalue weighted by Crippen LogP contribution is 2.37. The molecular formula is C24H18BrN5S. The molecule has 0 aliphatic carbocycles. The molecule has 0 saturated carbocycles.